The summed E-state index contributed by atoms with van der Waals surface area (Å²) in [6, 6.07) is 8.61. The largest absolute Gasteiger partial charge is 0.493 e. The zero-order valence-corrected chi connectivity index (χ0v) is 18.1. The van der Waals surface area contributed by atoms with Crippen LogP contribution in [0.25, 0.3) is 0 Å². The number of nitrogens with zero attached hydrogens (tertiary/aromatic N) is 3. The average Bonchev–Trinajstić information content (AvgIpc) is 3.32. The van der Waals surface area contributed by atoms with Crippen molar-refractivity contribution in [1.82, 2.24) is 14.7 Å². The summed E-state index contributed by atoms with van der Waals surface area (Å²) in [7, 11) is 4.69. The first-order valence-electron chi connectivity index (χ1n) is 9.52. The van der Waals surface area contributed by atoms with Crippen LogP contribution in [-0.4, -0.2) is 86.4 Å². The van der Waals surface area contributed by atoms with E-state index in [4.69, 9.17) is 9.47 Å². The van der Waals surface area contributed by atoms with Crippen LogP contribution < -0.4 is 9.47 Å². The molecule has 0 saturated carbocycles. The van der Waals surface area contributed by atoms with E-state index >= 15 is 0 Å². The maximum Gasteiger partial charge on any atom is 0.264 e. The number of methoxy groups -OCH3 is 2. The molecule has 3 rings (SSSR count). The number of hydrogen-bond donors (Lipinski definition) is 0. The van der Waals surface area contributed by atoms with Crippen molar-refractivity contribution < 1.29 is 23.9 Å². The van der Waals surface area contributed by atoms with Gasteiger partial charge in [-0.3, -0.25) is 14.4 Å². The highest BCUT2D eigenvalue weighted by molar-refractivity contribution is 7.12. The fourth-order valence-electron chi connectivity index (χ4n) is 3.27. The molecule has 1 aromatic heterocycles. The zero-order valence-electron chi connectivity index (χ0n) is 17.3. The monoisotopic (exact) mass is 431 g/mol. The van der Waals surface area contributed by atoms with Crippen molar-refractivity contribution in [2.75, 3.05) is 54.0 Å². The van der Waals surface area contributed by atoms with Crippen LogP contribution in [0.5, 0.6) is 11.5 Å². The Morgan fingerprint density at radius 2 is 1.67 bits per heavy atom. The first-order chi connectivity index (χ1) is 14.4. The number of ether oxygens (including phenoxy) is 2. The molecule has 2 aromatic rings. The molecule has 8 nitrogen and oxygen atoms in total. The smallest absolute Gasteiger partial charge is 0.264 e. The SMILES string of the molecule is COc1ccc(C(=O)N2CCN(C(=O)CN(C)C(=O)c3cccs3)CC2)cc1OC. The van der Waals surface area contributed by atoms with Gasteiger partial charge < -0.3 is 24.2 Å². The van der Waals surface area contributed by atoms with E-state index < -0.39 is 0 Å². The van der Waals surface area contributed by atoms with Crippen molar-refractivity contribution in [2.45, 2.75) is 0 Å². The Kier molecular flexibility index (Phi) is 6.94. The van der Waals surface area contributed by atoms with Crippen molar-refractivity contribution >= 4 is 29.1 Å². The number of hydrogen-bond acceptors (Lipinski definition) is 6. The van der Waals surface area contributed by atoms with Crippen LogP contribution in [0, 0.1) is 0 Å². The second kappa shape index (κ2) is 9.62. The molecule has 0 N–H and O–H groups in total. The molecule has 0 radical (unpaired) electrons. The van der Waals surface area contributed by atoms with Gasteiger partial charge in [-0.1, -0.05) is 6.07 Å². The fraction of sp³-hybridized carbons (Fsp3) is 0.381. The van der Waals surface area contributed by atoms with E-state index in [2.05, 4.69) is 0 Å². The summed E-state index contributed by atoms with van der Waals surface area (Å²) in [6.45, 7) is 1.74. The van der Waals surface area contributed by atoms with Gasteiger partial charge in [0.15, 0.2) is 11.5 Å². The third-order valence-corrected chi connectivity index (χ3v) is 5.86. The van der Waals surface area contributed by atoms with E-state index in [-0.39, 0.29) is 24.3 Å². The number of piperazine rings is 1. The lowest BCUT2D eigenvalue weighted by Crippen LogP contribution is -2.52. The molecule has 1 aromatic carbocycles. The molecule has 1 fully saturated rings. The van der Waals surface area contributed by atoms with E-state index in [0.29, 0.717) is 48.1 Å². The van der Waals surface area contributed by atoms with Crippen molar-refractivity contribution in [3.8, 4) is 11.5 Å². The van der Waals surface area contributed by atoms with E-state index in [0.717, 1.165) is 0 Å². The zero-order chi connectivity index (χ0) is 21.7. The average molecular weight is 432 g/mol. The van der Waals surface area contributed by atoms with Crippen molar-refractivity contribution in [2.24, 2.45) is 0 Å². The highest BCUT2D eigenvalue weighted by Gasteiger charge is 2.27. The molecule has 9 heteroatoms. The second-order valence-electron chi connectivity index (χ2n) is 6.88. The van der Waals surface area contributed by atoms with Crippen LogP contribution in [0.3, 0.4) is 0 Å². The van der Waals surface area contributed by atoms with Gasteiger partial charge in [0.1, 0.15) is 0 Å². The van der Waals surface area contributed by atoms with Gasteiger partial charge in [0.05, 0.1) is 25.6 Å². The molecule has 0 bridgehead atoms. The number of benzene rings is 1. The third-order valence-electron chi connectivity index (χ3n) is 5.00. The predicted octanol–water partition coefficient (Wildman–Crippen LogP) is 1.82. The topological polar surface area (TPSA) is 79.4 Å². The molecule has 1 aliphatic rings. The van der Waals surface area contributed by atoms with Gasteiger partial charge in [0.2, 0.25) is 5.91 Å². The number of likely N-dealkylation sites (N-methyl/N-ethyl adjacent to an activating group) is 1. The lowest BCUT2D eigenvalue weighted by Gasteiger charge is -2.35. The molecule has 3 amide bonds. The Bertz CT molecular complexity index is 907. The van der Waals surface area contributed by atoms with Crippen LogP contribution in [0.1, 0.15) is 20.0 Å². The molecule has 0 unspecified atom stereocenters. The Morgan fingerprint density at radius 3 is 2.27 bits per heavy atom. The Balaban J connectivity index is 1.54. The molecule has 30 heavy (non-hydrogen) atoms. The van der Waals surface area contributed by atoms with Gasteiger partial charge in [0, 0.05) is 38.8 Å². The summed E-state index contributed by atoms with van der Waals surface area (Å²) >= 11 is 1.35. The summed E-state index contributed by atoms with van der Waals surface area (Å²) in [6.07, 6.45) is 0. The second-order valence-corrected chi connectivity index (χ2v) is 7.83. The Labute approximate surface area is 179 Å². The summed E-state index contributed by atoms with van der Waals surface area (Å²) in [4.78, 5) is 43.2. The van der Waals surface area contributed by atoms with Gasteiger partial charge in [-0.15, -0.1) is 11.3 Å². The Morgan fingerprint density at radius 1 is 1.00 bits per heavy atom. The minimum Gasteiger partial charge on any atom is -0.493 e. The quantitative estimate of drug-likeness (QED) is 0.697. The lowest BCUT2D eigenvalue weighted by atomic mass is 10.1. The standard InChI is InChI=1S/C21H25N3O5S/c1-22(21(27)18-5-4-12-30-18)14-19(25)23-8-10-24(11-9-23)20(26)15-6-7-16(28-2)17(13-15)29-3/h4-7,12-13H,8-11,14H2,1-3H3. The minimum absolute atomic E-state index is 0.0142. The number of thiophene rings is 1. The maximum absolute atomic E-state index is 12.8. The highest BCUT2D eigenvalue weighted by Crippen LogP contribution is 2.28. The predicted molar refractivity (Wildman–Crippen MR) is 113 cm³/mol. The normalized spacial score (nSPS) is 13.7. The van der Waals surface area contributed by atoms with E-state index in [9.17, 15) is 14.4 Å². The van der Waals surface area contributed by atoms with Gasteiger partial charge in [-0.25, -0.2) is 0 Å². The number of rotatable bonds is 6. The minimum atomic E-state index is -0.166. The maximum atomic E-state index is 12.8. The van der Waals surface area contributed by atoms with Crippen LogP contribution in [0.15, 0.2) is 35.7 Å². The van der Waals surface area contributed by atoms with E-state index in [1.165, 1.54) is 23.3 Å². The molecule has 1 aliphatic heterocycles. The molecule has 1 saturated heterocycles. The third kappa shape index (κ3) is 4.73. The van der Waals surface area contributed by atoms with E-state index in [1.54, 1.807) is 48.2 Å². The van der Waals surface area contributed by atoms with Crippen LogP contribution in [0.2, 0.25) is 0 Å². The van der Waals surface area contributed by atoms with E-state index in [1.807, 2.05) is 11.4 Å². The molecular formula is C21H25N3O5S. The van der Waals surface area contributed by atoms with Gasteiger partial charge in [0.25, 0.3) is 11.8 Å². The molecule has 0 atom stereocenters. The van der Waals surface area contributed by atoms with Crippen LogP contribution in [-0.2, 0) is 4.79 Å². The molecule has 160 valence electrons. The Hall–Kier alpha value is -3.07. The molecule has 2 heterocycles. The van der Waals surface area contributed by atoms with Crippen molar-refractivity contribution in [1.29, 1.82) is 0 Å². The number of carbonyl (C=O) groups excluding carboxylic acids is 3. The summed E-state index contributed by atoms with van der Waals surface area (Å²) < 4.78 is 10.5. The summed E-state index contributed by atoms with van der Waals surface area (Å²) in [5, 5.41) is 1.83. The fourth-order valence-corrected chi connectivity index (χ4v) is 3.99. The number of amides is 3. The van der Waals surface area contributed by atoms with Crippen LogP contribution >= 0.6 is 11.3 Å². The molecular weight excluding hydrogens is 406 g/mol. The molecule has 0 aliphatic carbocycles. The van der Waals surface area contributed by atoms with Gasteiger partial charge in [-0.2, -0.15) is 0 Å². The highest BCUT2D eigenvalue weighted by atomic mass is 32.1. The first-order valence-corrected chi connectivity index (χ1v) is 10.4. The lowest BCUT2D eigenvalue weighted by molar-refractivity contribution is -0.133. The summed E-state index contributed by atoms with van der Waals surface area (Å²) in [5.74, 6) is 0.649. The van der Waals surface area contributed by atoms with Crippen molar-refractivity contribution in [3.63, 3.8) is 0 Å². The van der Waals surface area contributed by atoms with Gasteiger partial charge >= 0.3 is 0 Å². The van der Waals surface area contributed by atoms with Crippen molar-refractivity contribution in [3.05, 3.63) is 46.2 Å². The van der Waals surface area contributed by atoms with Crippen LogP contribution in [0.4, 0.5) is 0 Å². The van der Waals surface area contributed by atoms with Gasteiger partial charge in [-0.05, 0) is 29.6 Å². The number of carbonyl (C=O) groups is 3. The molecule has 0 spiro atoms. The first kappa shape index (κ1) is 21.6. The summed E-state index contributed by atoms with van der Waals surface area (Å²) in [5.41, 5.74) is 0.508.